The largest absolute Gasteiger partial charge is 0.493 e. The number of nitrogens with zero attached hydrogens (tertiary/aromatic N) is 2. The van der Waals surface area contributed by atoms with E-state index in [9.17, 15) is 9.90 Å². The van der Waals surface area contributed by atoms with Gasteiger partial charge in [-0.05, 0) is 35.9 Å². The summed E-state index contributed by atoms with van der Waals surface area (Å²) in [4.78, 5) is 12.8. The number of rotatable bonds is 6. The van der Waals surface area contributed by atoms with Gasteiger partial charge in [-0.25, -0.2) is 4.68 Å². The molecule has 0 amide bonds. The summed E-state index contributed by atoms with van der Waals surface area (Å²) < 4.78 is 13.9. The maximum Gasteiger partial charge on any atom is 0.274 e. The van der Waals surface area contributed by atoms with Gasteiger partial charge in [0.05, 0.1) is 44.8 Å². The molecule has 0 aliphatic rings. The maximum atomic E-state index is 12.8. The Morgan fingerprint density at radius 1 is 1.04 bits per heavy atom. The summed E-state index contributed by atoms with van der Waals surface area (Å²) in [5, 5.41) is 10.5. The van der Waals surface area contributed by atoms with Crippen LogP contribution in [0.4, 0.5) is 0 Å². The molecule has 0 fully saturated rings. The Kier molecular flexibility index (Phi) is 5.01. The van der Waals surface area contributed by atoms with Gasteiger partial charge in [-0.3, -0.25) is 9.48 Å². The van der Waals surface area contributed by atoms with Crippen molar-refractivity contribution in [1.29, 1.82) is 0 Å². The van der Waals surface area contributed by atoms with E-state index < -0.39 is 0 Å². The van der Waals surface area contributed by atoms with Crippen molar-refractivity contribution in [2.24, 2.45) is 0 Å². The zero-order chi connectivity index (χ0) is 18.0. The lowest BCUT2D eigenvalue weighted by Crippen LogP contribution is -2.24. The van der Waals surface area contributed by atoms with Gasteiger partial charge < -0.3 is 14.6 Å². The van der Waals surface area contributed by atoms with Crippen LogP contribution in [0.5, 0.6) is 11.5 Å². The SMILES string of the molecule is COc1ccc(Cn2c(=O)c3ccc(Cl)cc3n2CCO)cc1OC. The number of aliphatic hydroxyl groups is 1. The van der Waals surface area contributed by atoms with Crippen LogP contribution in [0.25, 0.3) is 10.9 Å². The van der Waals surface area contributed by atoms with E-state index in [0.717, 1.165) is 5.56 Å². The highest BCUT2D eigenvalue weighted by Gasteiger charge is 2.14. The van der Waals surface area contributed by atoms with Crippen LogP contribution in [0.1, 0.15) is 5.56 Å². The lowest BCUT2D eigenvalue weighted by Gasteiger charge is -2.13. The van der Waals surface area contributed by atoms with Crippen molar-refractivity contribution < 1.29 is 14.6 Å². The molecule has 0 unspecified atom stereocenters. The standard InChI is InChI=1S/C18H19ClN2O4/c1-24-16-6-3-12(9-17(16)25-2)11-21-18(23)14-5-4-13(19)10-15(14)20(21)7-8-22/h3-6,9-10,22H,7-8,11H2,1-2H3. The molecule has 0 atom stereocenters. The molecule has 0 aliphatic heterocycles. The van der Waals surface area contributed by atoms with Crippen LogP contribution in [0.15, 0.2) is 41.2 Å². The van der Waals surface area contributed by atoms with Gasteiger partial charge in [-0.15, -0.1) is 0 Å². The minimum Gasteiger partial charge on any atom is -0.493 e. The first-order valence-electron chi connectivity index (χ1n) is 7.79. The molecule has 3 aromatic rings. The van der Waals surface area contributed by atoms with Crippen LogP contribution in [0, 0.1) is 0 Å². The molecule has 1 heterocycles. The smallest absolute Gasteiger partial charge is 0.274 e. The second-order valence-corrected chi connectivity index (χ2v) is 6.00. The Balaban J connectivity index is 2.11. The predicted octanol–water partition coefficient (Wildman–Crippen LogP) is 2.51. The molecule has 0 saturated heterocycles. The zero-order valence-electron chi connectivity index (χ0n) is 14.0. The molecule has 25 heavy (non-hydrogen) atoms. The van der Waals surface area contributed by atoms with Gasteiger partial charge in [0.25, 0.3) is 5.56 Å². The minimum absolute atomic E-state index is 0.0817. The summed E-state index contributed by atoms with van der Waals surface area (Å²) in [6.07, 6.45) is 0. The molecule has 0 radical (unpaired) electrons. The van der Waals surface area contributed by atoms with E-state index >= 15 is 0 Å². The molecule has 132 valence electrons. The third-order valence-corrected chi connectivity index (χ3v) is 4.32. The molecule has 0 aliphatic carbocycles. The van der Waals surface area contributed by atoms with Gasteiger partial charge in [-0.2, -0.15) is 0 Å². The highest BCUT2D eigenvalue weighted by molar-refractivity contribution is 6.31. The first kappa shape index (κ1) is 17.4. The van der Waals surface area contributed by atoms with Crippen LogP contribution in [0.2, 0.25) is 5.02 Å². The molecule has 7 heteroatoms. The molecule has 2 aromatic carbocycles. The number of hydrogen-bond acceptors (Lipinski definition) is 4. The van der Waals surface area contributed by atoms with Gasteiger partial charge in [0.1, 0.15) is 0 Å². The number of ether oxygens (including phenoxy) is 2. The summed E-state index contributed by atoms with van der Waals surface area (Å²) in [7, 11) is 3.14. The van der Waals surface area contributed by atoms with Crippen LogP contribution < -0.4 is 15.0 Å². The Morgan fingerprint density at radius 2 is 1.80 bits per heavy atom. The summed E-state index contributed by atoms with van der Waals surface area (Å²) in [6.45, 7) is 0.555. The predicted molar refractivity (Wildman–Crippen MR) is 96.9 cm³/mol. The fourth-order valence-corrected chi connectivity index (χ4v) is 3.09. The summed E-state index contributed by atoms with van der Waals surface area (Å²) in [5.74, 6) is 1.22. The molecule has 0 saturated carbocycles. The number of halogens is 1. The monoisotopic (exact) mass is 362 g/mol. The Labute approximate surface area is 149 Å². The molecule has 0 spiro atoms. The van der Waals surface area contributed by atoms with Crippen molar-refractivity contribution >= 4 is 22.5 Å². The van der Waals surface area contributed by atoms with Gasteiger partial charge in [0, 0.05) is 5.02 Å². The minimum atomic E-state index is -0.130. The average molecular weight is 363 g/mol. The van der Waals surface area contributed by atoms with E-state index in [4.69, 9.17) is 21.1 Å². The van der Waals surface area contributed by atoms with Crippen molar-refractivity contribution in [3.05, 3.63) is 57.3 Å². The first-order chi connectivity index (χ1) is 12.1. The lowest BCUT2D eigenvalue weighted by atomic mass is 10.2. The molecule has 6 nitrogen and oxygen atoms in total. The number of fused-ring (bicyclic) bond motifs is 1. The van der Waals surface area contributed by atoms with Crippen molar-refractivity contribution in [1.82, 2.24) is 9.36 Å². The summed E-state index contributed by atoms with van der Waals surface area (Å²) in [6, 6.07) is 10.6. The van der Waals surface area contributed by atoms with Crippen molar-refractivity contribution in [3.63, 3.8) is 0 Å². The third kappa shape index (κ3) is 3.23. The zero-order valence-corrected chi connectivity index (χ0v) is 14.8. The van der Waals surface area contributed by atoms with Crippen molar-refractivity contribution in [2.45, 2.75) is 13.1 Å². The second-order valence-electron chi connectivity index (χ2n) is 5.56. The van der Waals surface area contributed by atoms with E-state index in [2.05, 4.69) is 0 Å². The Hall–Kier alpha value is -2.44. The molecule has 1 N–H and O–H groups in total. The van der Waals surface area contributed by atoms with Crippen LogP contribution in [-0.4, -0.2) is 35.3 Å². The topological polar surface area (TPSA) is 65.6 Å². The summed E-state index contributed by atoms with van der Waals surface area (Å²) in [5.41, 5.74) is 1.45. The molecular weight excluding hydrogens is 344 g/mol. The highest BCUT2D eigenvalue weighted by atomic mass is 35.5. The molecule has 3 rings (SSSR count). The van der Waals surface area contributed by atoms with Crippen molar-refractivity contribution in [2.75, 3.05) is 20.8 Å². The first-order valence-corrected chi connectivity index (χ1v) is 8.17. The lowest BCUT2D eigenvalue weighted by molar-refractivity contribution is 0.261. The molecular formula is C18H19ClN2O4. The van der Waals surface area contributed by atoms with E-state index in [1.54, 1.807) is 47.8 Å². The maximum absolute atomic E-state index is 12.8. The number of hydrogen-bond donors (Lipinski definition) is 1. The Morgan fingerprint density at radius 3 is 2.48 bits per heavy atom. The van der Waals surface area contributed by atoms with Gasteiger partial charge in [0.2, 0.25) is 0 Å². The van der Waals surface area contributed by atoms with Crippen LogP contribution in [-0.2, 0) is 13.1 Å². The number of aliphatic hydroxyl groups excluding tert-OH is 1. The molecule has 0 bridgehead atoms. The van der Waals surface area contributed by atoms with E-state index in [-0.39, 0.29) is 12.2 Å². The van der Waals surface area contributed by atoms with Gasteiger partial charge in [0.15, 0.2) is 11.5 Å². The number of aromatic nitrogens is 2. The normalized spacial score (nSPS) is 11.0. The fourth-order valence-electron chi connectivity index (χ4n) is 2.92. The van der Waals surface area contributed by atoms with Crippen LogP contribution >= 0.6 is 11.6 Å². The second kappa shape index (κ2) is 7.21. The number of benzene rings is 2. The van der Waals surface area contributed by atoms with Gasteiger partial charge >= 0.3 is 0 Å². The Bertz CT molecular complexity index is 962. The van der Waals surface area contributed by atoms with E-state index in [1.807, 2.05) is 12.1 Å². The average Bonchev–Trinajstić information content (AvgIpc) is 2.87. The van der Waals surface area contributed by atoms with E-state index in [1.165, 1.54) is 0 Å². The van der Waals surface area contributed by atoms with Gasteiger partial charge in [-0.1, -0.05) is 17.7 Å². The quantitative estimate of drug-likeness (QED) is 0.731. The number of methoxy groups -OCH3 is 2. The van der Waals surface area contributed by atoms with E-state index in [0.29, 0.717) is 40.5 Å². The van der Waals surface area contributed by atoms with Crippen LogP contribution in [0.3, 0.4) is 0 Å². The highest BCUT2D eigenvalue weighted by Crippen LogP contribution is 2.28. The summed E-state index contributed by atoms with van der Waals surface area (Å²) >= 11 is 6.07. The fraction of sp³-hybridized carbons (Fsp3) is 0.278. The van der Waals surface area contributed by atoms with Crippen molar-refractivity contribution in [3.8, 4) is 11.5 Å². The third-order valence-electron chi connectivity index (χ3n) is 4.09. The molecule has 1 aromatic heterocycles.